The van der Waals surface area contributed by atoms with Crippen LogP contribution in [0.4, 0.5) is 22.0 Å². The molecule has 0 radical (unpaired) electrons. The number of carbonyl (C=O) groups excluding carboxylic acids is 4. The maximum atomic E-state index is 14.8. The summed E-state index contributed by atoms with van der Waals surface area (Å²) in [6.45, 7) is 3.12. The number of fused-ring (bicyclic) bond motifs is 9. The van der Waals surface area contributed by atoms with E-state index < -0.39 is 15.8 Å². The van der Waals surface area contributed by atoms with Gasteiger partial charge in [0, 0.05) is 190 Å². The van der Waals surface area contributed by atoms with Crippen molar-refractivity contribution in [3.63, 3.8) is 0 Å². The van der Waals surface area contributed by atoms with E-state index >= 15 is 0 Å². The molecule has 28 heteroatoms. The summed E-state index contributed by atoms with van der Waals surface area (Å²) in [6, 6.07) is 80.2. The molecule has 5 aliphatic rings. The van der Waals surface area contributed by atoms with Crippen molar-refractivity contribution in [1.82, 2.24) is 78.0 Å². The zero-order valence-electron chi connectivity index (χ0n) is 74.6. The predicted molar refractivity (Wildman–Crippen MR) is 513 cm³/mol. The molecular weight excluding hydrogens is 1760 g/mol. The molecule has 0 saturated heterocycles. The van der Waals surface area contributed by atoms with E-state index in [4.69, 9.17) is 0 Å². The van der Waals surface area contributed by atoms with Crippen LogP contribution in [0.2, 0.25) is 0 Å². The lowest BCUT2D eigenvalue weighted by molar-refractivity contribution is 0.0757. The Hall–Kier alpha value is -16.6. The summed E-state index contributed by atoms with van der Waals surface area (Å²) in [5, 5.41) is 22.2. The van der Waals surface area contributed by atoms with Gasteiger partial charge in [-0.25, -0.2) is 30.4 Å². The molecule has 19 aromatic rings. The van der Waals surface area contributed by atoms with Crippen LogP contribution in [0, 0.1) is 29.1 Å². The third-order valence-corrected chi connectivity index (χ3v) is 27.2. The van der Waals surface area contributed by atoms with Gasteiger partial charge in [-0.3, -0.25) is 52.9 Å². The summed E-state index contributed by atoms with van der Waals surface area (Å²) < 4.78 is 107. The number of nitrogens with zero attached hydrogens (tertiary/aromatic N) is 16. The van der Waals surface area contributed by atoms with E-state index in [9.17, 15) is 49.5 Å². The van der Waals surface area contributed by atoms with Crippen LogP contribution in [0.15, 0.2) is 328 Å². The normalized spacial score (nSPS) is 13.8. The Bertz CT molecular complexity index is 8150. The van der Waals surface area contributed by atoms with Crippen LogP contribution in [0.25, 0.3) is 99.1 Å². The van der Waals surface area contributed by atoms with Crippen molar-refractivity contribution in [3.8, 4) is 55.6 Å². The molecular formula is C109H85F5N16O6S. The number of sulfonamides is 1. The second-order valence-electron chi connectivity index (χ2n) is 34.4. The van der Waals surface area contributed by atoms with Crippen LogP contribution < -0.4 is 0 Å². The minimum absolute atomic E-state index is 0.00473. The highest BCUT2D eigenvalue weighted by Crippen LogP contribution is 2.38. The molecule has 4 amide bonds. The highest BCUT2D eigenvalue weighted by atomic mass is 32.2. The Morgan fingerprint density at radius 1 is 0.307 bits per heavy atom. The lowest BCUT2D eigenvalue weighted by Crippen LogP contribution is -2.24. The van der Waals surface area contributed by atoms with Crippen molar-refractivity contribution in [2.24, 2.45) is 28.2 Å². The van der Waals surface area contributed by atoms with E-state index in [1.54, 1.807) is 142 Å². The second-order valence-corrected chi connectivity index (χ2v) is 36.3. The van der Waals surface area contributed by atoms with Gasteiger partial charge in [0.2, 0.25) is 10.0 Å². The second kappa shape index (κ2) is 37.1. The van der Waals surface area contributed by atoms with Crippen molar-refractivity contribution in [2.75, 3.05) is 0 Å². The van der Waals surface area contributed by atoms with Crippen LogP contribution in [0.5, 0.6) is 0 Å². The fourth-order valence-electron chi connectivity index (χ4n) is 18.0. The summed E-state index contributed by atoms with van der Waals surface area (Å²) in [5.74, 6) is -1.94. The maximum absolute atomic E-state index is 14.8. The molecule has 24 rings (SSSR count). The summed E-state index contributed by atoms with van der Waals surface area (Å²) in [7, 11) is 3.86. The van der Waals surface area contributed by atoms with Crippen molar-refractivity contribution in [2.45, 2.75) is 70.3 Å². The summed E-state index contributed by atoms with van der Waals surface area (Å²) in [5.41, 5.74) is 20.5. The minimum Gasteiger partial charge on any atom is -0.330 e. The summed E-state index contributed by atoms with van der Waals surface area (Å²) >= 11 is 0. The van der Waals surface area contributed by atoms with Gasteiger partial charge in [0.25, 0.3) is 23.6 Å². The third kappa shape index (κ3) is 18.2. The van der Waals surface area contributed by atoms with Gasteiger partial charge in [-0.15, -0.1) is 0 Å². The van der Waals surface area contributed by atoms with Gasteiger partial charge in [0.15, 0.2) is 0 Å². The van der Waals surface area contributed by atoms with Crippen molar-refractivity contribution in [3.05, 3.63) is 430 Å². The Kier molecular flexibility index (Phi) is 23.9. The lowest BCUT2D eigenvalue weighted by atomic mass is 10.0. The molecule has 0 atom stereocenters. The maximum Gasteiger partial charge on any atom is 0.256 e. The van der Waals surface area contributed by atoms with Gasteiger partial charge in [0.05, 0.1) is 69.4 Å². The molecule has 12 heterocycles. The molecule has 137 heavy (non-hydrogen) atoms. The van der Waals surface area contributed by atoms with Crippen LogP contribution in [0.1, 0.15) is 97.3 Å². The molecule has 0 unspecified atom stereocenters. The standard InChI is InChI=1S/C24H17FN2O.2C22H17FN4O.C22H18FN3O2S.C19H16FN3O/c25-23-12-17(16-5-7-19-13-26-10-9-18(19)11-16)6-8-21(23)15-27-14-20-3-1-2-4-22(20)24(27)28;1-26-21-10-15(4-6-16(21)11-25-26)14-5-7-17(19(23)9-14)12-27-13-20-18(22(27)28)3-2-8-24-20;1-26-11-17-9-14(6-7-20(17)25-26)15-4-5-16(19(23)10-15)12-27-13-21-18(22(27)28)3-2-8-24-21;1-25-12-19-10-15(8-9-21(19)24-25)16-6-7-17(20(23)11-16)13-26-14-18-4-2-3-5-22(18)29(26,27)28;1-22-10-16(9-21-22)13-6-7-15(18(20)8-13)12-23-11-14-4-2-3-5-17(14)19(23)24/h1-13H,14-15H2;2*2-11H,12-13H2,1H3;2-12H,13-14H2,1H3;2-10H,11-12H2,1H3. The number of hydrogen-bond acceptors (Lipinski definition) is 13. The number of rotatable bonds is 15. The zero-order chi connectivity index (χ0) is 94.4. The summed E-state index contributed by atoms with van der Waals surface area (Å²) in [4.78, 5) is 69.4. The number of hydrogen-bond donors (Lipinski definition) is 0. The van der Waals surface area contributed by atoms with Gasteiger partial charge in [-0.05, 0) is 187 Å². The van der Waals surface area contributed by atoms with Crippen LogP contribution in [0.3, 0.4) is 0 Å². The topological polar surface area (TPSA) is 229 Å². The van der Waals surface area contributed by atoms with Gasteiger partial charge in [-0.1, -0.05) is 152 Å². The number of aryl methyl sites for hydroxylation is 4. The number of halogens is 5. The van der Waals surface area contributed by atoms with Crippen molar-refractivity contribution in [1.29, 1.82) is 0 Å². The molecule has 678 valence electrons. The average molecular weight is 1840 g/mol. The Morgan fingerprint density at radius 2 is 0.693 bits per heavy atom. The molecule has 5 aliphatic heterocycles. The molecule has 0 saturated carbocycles. The van der Waals surface area contributed by atoms with E-state index in [-0.39, 0.29) is 86.2 Å². The summed E-state index contributed by atoms with van der Waals surface area (Å²) in [6.07, 6.45) is 16.1. The highest BCUT2D eigenvalue weighted by Gasteiger charge is 2.36. The lowest BCUT2D eigenvalue weighted by Gasteiger charge is -2.16. The average Bonchev–Trinajstić information content (AvgIpc) is 1.60. The number of amides is 4. The van der Waals surface area contributed by atoms with Crippen LogP contribution >= 0.6 is 0 Å². The molecule has 0 spiro atoms. The van der Waals surface area contributed by atoms with Gasteiger partial charge < -0.3 is 19.6 Å². The first-order valence-electron chi connectivity index (χ1n) is 44.2. The van der Waals surface area contributed by atoms with Gasteiger partial charge in [-0.2, -0.15) is 24.7 Å². The van der Waals surface area contributed by atoms with Crippen LogP contribution in [-0.2, 0) is 104 Å². The SMILES string of the molecule is Cn1cc(-c2ccc(CN3Cc4ccccc4C3=O)c(F)c2)cn1.Cn1cc2cc(-c3ccc(CN4Cc5ccccc5S4(=O)=O)c(F)c3)ccc2n1.Cn1cc2cc(-c3ccc(CN4Cc5ncccc5C4=O)c(F)c3)ccc2n1.Cn1ncc2ccc(-c3ccc(CN4Cc5ncccc5C4=O)c(F)c3)cc21.O=C1c2ccccc2CN1Cc1ccc(-c2ccc3cnccc3c2)cc1F. The molecule has 12 aromatic carbocycles. The highest BCUT2D eigenvalue weighted by molar-refractivity contribution is 7.89. The first kappa shape index (κ1) is 88.3. The number of carbonyl (C=O) groups is 4. The van der Waals surface area contributed by atoms with E-state index in [0.717, 1.165) is 127 Å². The largest absolute Gasteiger partial charge is 0.330 e. The monoisotopic (exact) mass is 1840 g/mol. The third-order valence-electron chi connectivity index (χ3n) is 25.3. The van der Waals surface area contributed by atoms with E-state index in [0.29, 0.717) is 81.1 Å². The van der Waals surface area contributed by atoms with E-state index in [1.807, 2.05) is 223 Å². The minimum atomic E-state index is -3.59. The molecule has 0 N–H and O–H groups in total. The van der Waals surface area contributed by atoms with Crippen molar-refractivity contribution >= 4 is 77.1 Å². The number of aromatic nitrogens is 11. The molecule has 0 aliphatic carbocycles. The molecule has 22 nitrogen and oxygen atoms in total. The van der Waals surface area contributed by atoms with Gasteiger partial charge >= 0.3 is 0 Å². The Labute approximate surface area is 784 Å². The number of benzene rings is 12. The first-order valence-corrected chi connectivity index (χ1v) is 45.7. The fourth-order valence-corrected chi connectivity index (χ4v) is 19.7. The molecule has 7 aromatic heterocycles. The quantitative estimate of drug-likeness (QED) is 0.0871. The van der Waals surface area contributed by atoms with Crippen molar-refractivity contribution < 1.29 is 49.5 Å². The molecule has 0 bridgehead atoms. The predicted octanol–water partition coefficient (Wildman–Crippen LogP) is 20.5. The Morgan fingerprint density at radius 3 is 1.14 bits per heavy atom. The van der Waals surface area contributed by atoms with E-state index in [2.05, 4.69) is 35.3 Å². The smallest absolute Gasteiger partial charge is 0.256 e. The van der Waals surface area contributed by atoms with Crippen LogP contribution in [-0.4, -0.2) is 110 Å². The molecule has 0 fully saturated rings. The fraction of sp³-hybridized carbons (Fsp3) is 0.128. The zero-order valence-corrected chi connectivity index (χ0v) is 75.4. The van der Waals surface area contributed by atoms with E-state index in [1.165, 1.54) is 28.6 Å². The first-order chi connectivity index (χ1) is 66.4. The van der Waals surface area contributed by atoms with Gasteiger partial charge in [0.1, 0.15) is 29.1 Å². The number of pyridine rings is 3. The Balaban J connectivity index is 0.000000106.